The Kier molecular flexibility index (Phi) is 4.40. The van der Waals surface area contributed by atoms with Crippen molar-refractivity contribution in [1.82, 2.24) is 14.5 Å². The molecule has 0 saturated carbocycles. The molecule has 130 valence electrons. The molecule has 0 aliphatic rings. The second-order valence-corrected chi connectivity index (χ2v) is 7.73. The summed E-state index contributed by atoms with van der Waals surface area (Å²) in [5.41, 5.74) is 2.79. The van der Waals surface area contributed by atoms with Crippen molar-refractivity contribution in [2.45, 2.75) is 6.92 Å². The Hall–Kier alpha value is -2.77. The Morgan fingerprint density at radius 3 is 2.65 bits per heavy atom. The molecule has 4 rings (SSSR count). The van der Waals surface area contributed by atoms with Gasteiger partial charge in [0, 0.05) is 25.0 Å². The van der Waals surface area contributed by atoms with E-state index in [2.05, 4.69) is 10.3 Å². The molecule has 0 unspecified atom stereocenters. The van der Waals surface area contributed by atoms with Gasteiger partial charge in [-0.3, -0.25) is 10.1 Å². The zero-order valence-corrected chi connectivity index (χ0v) is 15.9. The fourth-order valence-electron chi connectivity index (χ4n) is 2.66. The van der Waals surface area contributed by atoms with E-state index in [1.165, 1.54) is 22.7 Å². The average molecular weight is 380 g/mol. The second kappa shape index (κ2) is 6.86. The van der Waals surface area contributed by atoms with Gasteiger partial charge in [-0.15, -0.1) is 11.3 Å². The minimum absolute atomic E-state index is 0.128. The number of aromatic nitrogens is 3. The molecule has 1 aromatic carbocycles. The summed E-state index contributed by atoms with van der Waals surface area (Å²) in [6.07, 6.45) is 3.66. The predicted octanol–water partition coefficient (Wildman–Crippen LogP) is 4.83. The van der Waals surface area contributed by atoms with Crippen molar-refractivity contribution in [3.63, 3.8) is 0 Å². The first-order chi connectivity index (χ1) is 12.6. The lowest BCUT2D eigenvalue weighted by molar-refractivity contribution is 0.103. The van der Waals surface area contributed by atoms with Crippen LogP contribution in [0.3, 0.4) is 0 Å². The highest BCUT2D eigenvalue weighted by molar-refractivity contribution is 7.19. The summed E-state index contributed by atoms with van der Waals surface area (Å²) in [7, 11) is 1.95. The van der Waals surface area contributed by atoms with Gasteiger partial charge >= 0.3 is 0 Å². The number of imidazole rings is 1. The highest BCUT2D eigenvalue weighted by Gasteiger charge is 2.20. The van der Waals surface area contributed by atoms with Crippen molar-refractivity contribution in [2.24, 2.45) is 7.05 Å². The van der Waals surface area contributed by atoms with Gasteiger partial charge in [0.15, 0.2) is 11.0 Å². The van der Waals surface area contributed by atoms with Gasteiger partial charge in [-0.05, 0) is 23.9 Å². The first-order valence-electron chi connectivity index (χ1n) is 8.03. The summed E-state index contributed by atoms with van der Waals surface area (Å²) in [5, 5.41) is 5.43. The number of aryl methyl sites for hydroxylation is 2. The number of anilines is 1. The summed E-state index contributed by atoms with van der Waals surface area (Å²) < 4.78 is 1.95. The van der Waals surface area contributed by atoms with E-state index in [0.717, 1.165) is 27.5 Å². The van der Waals surface area contributed by atoms with Gasteiger partial charge < -0.3 is 4.57 Å². The average Bonchev–Trinajstić information content (AvgIpc) is 3.35. The Balaban J connectivity index is 1.75. The van der Waals surface area contributed by atoms with Crippen molar-refractivity contribution in [1.29, 1.82) is 0 Å². The number of thiazole rings is 1. The zero-order valence-electron chi connectivity index (χ0n) is 14.3. The van der Waals surface area contributed by atoms with Crippen LogP contribution in [0.1, 0.15) is 15.2 Å². The molecular weight excluding hydrogens is 364 g/mol. The summed E-state index contributed by atoms with van der Waals surface area (Å²) in [5.74, 6) is 0.700. The van der Waals surface area contributed by atoms with Gasteiger partial charge in [-0.1, -0.05) is 41.7 Å². The smallest absolute Gasteiger partial charge is 0.267 e. The van der Waals surface area contributed by atoms with Gasteiger partial charge in [0.2, 0.25) is 0 Å². The maximum absolute atomic E-state index is 12.6. The third-order valence-corrected chi connectivity index (χ3v) is 5.97. The molecule has 1 N–H and O–H groups in total. The molecule has 5 nitrogen and oxygen atoms in total. The molecule has 3 aromatic heterocycles. The molecule has 26 heavy (non-hydrogen) atoms. The van der Waals surface area contributed by atoms with Crippen molar-refractivity contribution in [3.8, 4) is 22.0 Å². The third kappa shape index (κ3) is 3.07. The largest absolute Gasteiger partial charge is 0.333 e. The molecule has 4 aromatic rings. The van der Waals surface area contributed by atoms with E-state index < -0.39 is 0 Å². The first kappa shape index (κ1) is 16.7. The summed E-state index contributed by atoms with van der Waals surface area (Å²) >= 11 is 2.87. The molecule has 7 heteroatoms. The van der Waals surface area contributed by atoms with Crippen LogP contribution >= 0.6 is 22.7 Å². The Labute approximate surface area is 159 Å². The number of nitrogens with zero attached hydrogens (tertiary/aromatic N) is 3. The van der Waals surface area contributed by atoms with Crippen molar-refractivity contribution in [2.75, 3.05) is 5.32 Å². The quantitative estimate of drug-likeness (QED) is 0.551. The number of carbonyl (C=O) groups is 1. The monoisotopic (exact) mass is 380 g/mol. The molecule has 3 heterocycles. The molecule has 0 aliphatic carbocycles. The number of amides is 1. The van der Waals surface area contributed by atoms with Gasteiger partial charge in [-0.2, -0.15) is 0 Å². The van der Waals surface area contributed by atoms with Crippen LogP contribution in [0.4, 0.5) is 5.13 Å². The summed E-state index contributed by atoms with van der Waals surface area (Å²) in [6.45, 7) is 1.93. The van der Waals surface area contributed by atoms with Crippen LogP contribution in [0.25, 0.3) is 22.0 Å². The normalized spacial score (nSPS) is 10.8. The van der Waals surface area contributed by atoms with E-state index >= 15 is 0 Å². The Morgan fingerprint density at radius 2 is 2.00 bits per heavy atom. The third-order valence-electron chi connectivity index (χ3n) is 3.99. The van der Waals surface area contributed by atoms with E-state index in [1.54, 1.807) is 6.20 Å². The number of hydrogen-bond acceptors (Lipinski definition) is 5. The SMILES string of the molecule is Cc1ccsc1C(=O)Nc1nc(-c2ccccc2)c(-c2nccn2C)s1. The molecule has 0 fully saturated rings. The fraction of sp³-hybridized carbons (Fsp3) is 0.105. The summed E-state index contributed by atoms with van der Waals surface area (Å²) in [6, 6.07) is 11.9. The van der Waals surface area contributed by atoms with Crippen LogP contribution in [0.5, 0.6) is 0 Å². The maximum Gasteiger partial charge on any atom is 0.267 e. The van der Waals surface area contributed by atoms with Gasteiger partial charge in [0.1, 0.15) is 0 Å². The second-order valence-electron chi connectivity index (χ2n) is 5.81. The van der Waals surface area contributed by atoms with E-state index in [9.17, 15) is 4.79 Å². The first-order valence-corrected chi connectivity index (χ1v) is 9.72. The molecule has 1 amide bonds. The van der Waals surface area contributed by atoms with E-state index in [1.807, 2.05) is 66.5 Å². The fourth-order valence-corrected chi connectivity index (χ4v) is 4.50. The number of benzene rings is 1. The standard InChI is InChI=1S/C19H16N4OS2/c1-12-8-11-25-15(12)18(24)22-19-21-14(13-6-4-3-5-7-13)16(26-19)17-20-9-10-23(17)2/h3-11H,1-2H3,(H,21,22,24). The molecule has 0 aliphatic heterocycles. The molecule has 0 atom stereocenters. The number of nitrogens with one attached hydrogen (secondary N) is 1. The van der Waals surface area contributed by atoms with Gasteiger partial charge in [0.05, 0.1) is 15.4 Å². The number of hydrogen-bond donors (Lipinski definition) is 1. The maximum atomic E-state index is 12.6. The Morgan fingerprint density at radius 1 is 1.19 bits per heavy atom. The van der Waals surface area contributed by atoms with E-state index in [4.69, 9.17) is 4.98 Å². The highest BCUT2D eigenvalue weighted by atomic mass is 32.1. The molecular formula is C19H16N4OS2. The van der Waals surface area contributed by atoms with Crippen LogP contribution < -0.4 is 5.32 Å². The predicted molar refractivity (Wildman–Crippen MR) is 107 cm³/mol. The van der Waals surface area contributed by atoms with Crippen LogP contribution in [0, 0.1) is 6.92 Å². The van der Waals surface area contributed by atoms with Crippen molar-refractivity contribution >= 4 is 33.7 Å². The number of thiophene rings is 1. The number of carbonyl (C=O) groups excluding carboxylic acids is 1. The van der Waals surface area contributed by atoms with Gasteiger partial charge in [0.25, 0.3) is 5.91 Å². The summed E-state index contributed by atoms with van der Waals surface area (Å²) in [4.78, 5) is 23.3. The molecule has 0 radical (unpaired) electrons. The van der Waals surface area contributed by atoms with Crippen LogP contribution in [-0.2, 0) is 7.05 Å². The minimum Gasteiger partial charge on any atom is -0.333 e. The van der Waals surface area contributed by atoms with Gasteiger partial charge in [-0.25, -0.2) is 9.97 Å². The molecule has 0 spiro atoms. The van der Waals surface area contributed by atoms with Crippen LogP contribution in [-0.4, -0.2) is 20.4 Å². The highest BCUT2D eigenvalue weighted by Crippen LogP contribution is 2.38. The topological polar surface area (TPSA) is 59.8 Å². The molecule has 0 saturated heterocycles. The van der Waals surface area contributed by atoms with E-state index in [0.29, 0.717) is 10.0 Å². The minimum atomic E-state index is -0.128. The van der Waals surface area contributed by atoms with E-state index in [-0.39, 0.29) is 5.91 Å². The Bertz CT molecular complexity index is 1060. The van der Waals surface area contributed by atoms with Crippen molar-refractivity contribution in [3.05, 3.63) is 64.6 Å². The van der Waals surface area contributed by atoms with Crippen molar-refractivity contribution < 1.29 is 4.79 Å². The zero-order chi connectivity index (χ0) is 18.1. The lowest BCUT2D eigenvalue weighted by atomic mass is 10.1. The molecule has 0 bridgehead atoms. The van der Waals surface area contributed by atoms with Crippen LogP contribution in [0.15, 0.2) is 54.2 Å². The van der Waals surface area contributed by atoms with Crippen LogP contribution in [0.2, 0.25) is 0 Å². The number of rotatable bonds is 4. The lowest BCUT2D eigenvalue weighted by Crippen LogP contribution is -2.10. The lowest BCUT2D eigenvalue weighted by Gasteiger charge is -2.02.